The summed E-state index contributed by atoms with van der Waals surface area (Å²) < 4.78 is 42.6. The van der Waals surface area contributed by atoms with Crippen LogP contribution in [0.15, 0.2) is 24.3 Å². The highest BCUT2D eigenvalue weighted by molar-refractivity contribution is 5.85. The summed E-state index contributed by atoms with van der Waals surface area (Å²) in [6.45, 7) is 5.32. The number of hydrogen-bond acceptors (Lipinski definition) is 3. The fraction of sp³-hybridized carbons (Fsp3) is 0.533. The standard InChI is InChI=1S/C15H20F3NO2.ClH/c1-14(2,3)21-13(20)11(9-19)8-10-4-6-12(7-5-10)15(16,17)18;/h4-7,11H,8-9,19H2,1-3H3;1H. The summed E-state index contributed by atoms with van der Waals surface area (Å²) in [7, 11) is 0. The van der Waals surface area contributed by atoms with Gasteiger partial charge in [0, 0.05) is 6.54 Å². The Morgan fingerprint density at radius 3 is 2.05 bits per heavy atom. The second-order valence-corrected chi connectivity index (χ2v) is 5.86. The molecule has 0 saturated heterocycles. The molecule has 0 aromatic heterocycles. The van der Waals surface area contributed by atoms with Gasteiger partial charge < -0.3 is 10.5 Å². The average Bonchev–Trinajstić information content (AvgIpc) is 2.33. The predicted octanol–water partition coefficient (Wildman–Crippen LogP) is 3.59. The van der Waals surface area contributed by atoms with Gasteiger partial charge in [0.25, 0.3) is 0 Å². The summed E-state index contributed by atoms with van der Waals surface area (Å²) >= 11 is 0. The Balaban J connectivity index is 0.00000441. The third-order valence-corrected chi connectivity index (χ3v) is 2.79. The maximum atomic E-state index is 12.5. The first-order chi connectivity index (χ1) is 9.53. The van der Waals surface area contributed by atoms with E-state index in [-0.39, 0.29) is 25.4 Å². The van der Waals surface area contributed by atoms with Gasteiger partial charge in [-0.15, -0.1) is 12.4 Å². The molecule has 0 spiro atoms. The Labute approximate surface area is 134 Å². The molecule has 0 radical (unpaired) electrons. The Morgan fingerprint density at radius 2 is 1.68 bits per heavy atom. The van der Waals surface area contributed by atoms with Crippen LogP contribution in [0.1, 0.15) is 31.9 Å². The highest BCUT2D eigenvalue weighted by Crippen LogP contribution is 2.29. The highest BCUT2D eigenvalue weighted by atomic mass is 35.5. The van der Waals surface area contributed by atoms with Crippen LogP contribution in [0, 0.1) is 5.92 Å². The van der Waals surface area contributed by atoms with Crippen molar-refractivity contribution in [2.45, 2.75) is 39.0 Å². The van der Waals surface area contributed by atoms with Gasteiger partial charge in [0.05, 0.1) is 11.5 Å². The van der Waals surface area contributed by atoms with E-state index < -0.39 is 29.2 Å². The van der Waals surface area contributed by atoms with Crippen LogP contribution < -0.4 is 5.73 Å². The number of carbonyl (C=O) groups is 1. The Hall–Kier alpha value is -1.27. The smallest absolute Gasteiger partial charge is 0.416 e. The van der Waals surface area contributed by atoms with E-state index in [0.29, 0.717) is 5.56 Å². The molecule has 3 nitrogen and oxygen atoms in total. The van der Waals surface area contributed by atoms with Crippen molar-refractivity contribution in [3.8, 4) is 0 Å². The molecule has 1 aromatic carbocycles. The lowest BCUT2D eigenvalue weighted by Crippen LogP contribution is -2.33. The minimum atomic E-state index is -4.36. The Morgan fingerprint density at radius 1 is 1.18 bits per heavy atom. The Bertz CT molecular complexity index is 481. The molecular formula is C15H21ClF3NO2. The molecule has 0 aliphatic carbocycles. The van der Waals surface area contributed by atoms with Gasteiger partial charge in [0.2, 0.25) is 0 Å². The zero-order chi connectivity index (χ0) is 16.3. The number of alkyl halides is 3. The van der Waals surface area contributed by atoms with Crippen LogP contribution >= 0.6 is 12.4 Å². The van der Waals surface area contributed by atoms with Gasteiger partial charge in [0.15, 0.2) is 0 Å². The molecule has 22 heavy (non-hydrogen) atoms. The fourth-order valence-corrected chi connectivity index (χ4v) is 1.76. The van der Waals surface area contributed by atoms with Crippen LogP contribution in [0.5, 0.6) is 0 Å². The molecule has 126 valence electrons. The molecule has 1 rings (SSSR count). The predicted molar refractivity (Wildman–Crippen MR) is 80.8 cm³/mol. The maximum absolute atomic E-state index is 12.5. The number of halogens is 4. The van der Waals surface area contributed by atoms with E-state index in [2.05, 4.69) is 0 Å². The number of rotatable bonds is 4. The topological polar surface area (TPSA) is 52.3 Å². The summed E-state index contributed by atoms with van der Waals surface area (Å²) in [5.41, 5.74) is 4.84. The first-order valence-corrected chi connectivity index (χ1v) is 6.62. The van der Waals surface area contributed by atoms with Crippen LogP contribution in [-0.2, 0) is 22.1 Å². The first kappa shape index (κ1) is 20.7. The molecular weight excluding hydrogens is 319 g/mol. The van der Waals surface area contributed by atoms with Crippen molar-refractivity contribution in [3.05, 3.63) is 35.4 Å². The van der Waals surface area contributed by atoms with Crippen molar-refractivity contribution >= 4 is 18.4 Å². The molecule has 2 N–H and O–H groups in total. The second-order valence-electron chi connectivity index (χ2n) is 5.86. The van der Waals surface area contributed by atoms with Gasteiger partial charge in [0.1, 0.15) is 5.60 Å². The van der Waals surface area contributed by atoms with E-state index in [9.17, 15) is 18.0 Å². The largest absolute Gasteiger partial charge is 0.460 e. The molecule has 0 saturated carbocycles. The van der Waals surface area contributed by atoms with Gasteiger partial charge in [-0.25, -0.2) is 0 Å². The summed E-state index contributed by atoms with van der Waals surface area (Å²) in [5.74, 6) is -1.01. The SMILES string of the molecule is CC(C)(C)OC(=O)C(CN)Cc1ccc(C(F)(F)F)cc1.Cl. The quantitative estimate of drug-likeness (QED) is 0.853. The van der Waals surface area contributed by atoms with Gasteiger partial charge in [-0.3, -0.25) is 4.79 Å². The number of nitrogens with two attached hydrogens (primary N) is 1. The van der Waals surface area contributed by atoms with E-state index in [0.717, 1.165) is 12.1 Å². The highest BCUT2D eigenvalue weighted by Gasteiger charge is 2.30. The van der Waals surface area contributed by atoms with Crippen molar-refractivity contribution in [1.82, 2.24) is 0 Å². The normalized spacial score (nSPS) is 13.2. The molecule has 0 aliphatic rings. The number of ether oxygens (including phenoxy) is 1. The van der Waals surface area contributed by atoms with Crippen molar-refractivity contribution < 1.29 is 22.7 Å². The third-order valence-electron chi connectivity index (χ3n) is 2.79. The maximum Gasteiger partial charge on any atom is 0.416 e. The van der Waals surface area contributed by atoms with Gasteiger partial charge in [-0.1, -0.05) is 12.1 Å². The van der Waals surface area contributed by atoms with Crippen molar-refractivity contribution in [2.24, 2.45) is 11.7 Å². The zero-order valence-electron chi connectivity index (χ0n) is 12.7. The van der Waals surface area contributed by atoms with Crippen molar-refractivity contribution in [2.75, 3.05) is 6.54 Å². The molecule has 0 heterocycles. The van der Waals surface area contributed by atoms with Crippen LogP contribution in [0.25, 0.3) is 0 Å². The summed E-state index contributed by atoms with van der Waals surface area (Å²) in [6, 6.07) is 4.71. The molecule has 0 aliphatic heterocycles. The molecule has 0 amide bonds. The summed E-state index contributed by atoms with van der Waals surface area (Å²) in [4.78, 5) is 11.9. The molecule has 0 fully saturated rings. The zero-order valence-corrected chi connectivity index (χ0v) is 13.6. The number of hydrogen-bond donors (Lipinski definition) is 1. The lowest BCUT2D eigenvalue weighted by atomic mass is 9.98. The van der Waals surface area contributed by atoms with Gasteiger partial charge in [-0.05, 0) is 44.9 Å². The lowest BCUT2D eigenvalue weighted by molar-refractivity contribution is -0.159. The summed E-state index contributed by atoms with van der Waals surface area (Å²) in [5, 5.41) is 0. The summed E-state index contributed by atoms with van der Waals surface area (Å²) in [6.07, 6.45) is -4.11. The number of esters is 1. The second kappa shape index (κ2) is 7.83. The molecule has 1 aromatic rings. The average molecular weight is 340 g/mol. The van der Waals surface area contributed by atoms with E-state index in [1.165, 1.54) is 12.1 Å². The molecule has 7 heteroatoms. The third kappa shape index (κ3) is 6.66. The minimum Gasteiger partial charge on any atom is -0.460 e. The Kier molecular flexibility index (Phi) is 7.38. The number of carbonyl (C=O) groups excluding carboxylic acids is 1. The van der Waals surface area contributed by atoms with E-state index in [1.807, 2.05) is 0 Å². The fourth-order valence-electron chi connectivity index (χ4n) is 1.76. The monoisotopic (exact) mass is 339 g/mol. The first-order valence-electron chi connectivity index (χ1n) is 6.62. The lowest BCUT2D eigenvalue weighted by Gasteiger charge is -2.23. The van der Waals surface area contributed by atoms with Gasteiger partial charge >= 0.3 is 12.1 Å². The van der Waals surface area contributed by atoms with Crippen LogP contribution in [0.2, 0.25) is 0 Å². The van der Waals surface area contributed by atoms with E-state index in [1.54, 1.807) is 20.8 Å². The molecule has 1 unspecified atom stereocenters. The minimum absolute atomic E-state index is 0. The van der Waals surface area contributed by atoms with Crippen molar-refractivity contribution in [3.63, 3.8) is 0 Å². The number of benzene rings is 1. The van der Waals surface area contributed by atoms with Crippen LogP contribution in [-0.4, -0.2) is 18.1 Å². The van der Waals surface area contributed by atoms with Crippen molar-refractivity contribution in [1.29, 1.82) is 0 Å². The van der Waals surface area contributed by atoms with Gasteiger partial charge in [-0.2, -0.15) is 13.2 Å². The molecule has 1 atom stereocenters. The van der Waals surface area contributed by atoms with Crippen LogP contribution in [0.4, 0.5) is 13.2 Å². The van der Waals surface area contributed by atoms with E-state index in [4.69, 9.17) is 10.5 Å². The molecule has 0 bridgehead atoms. The van der Waals surface area contributed by atoms with Crippen LogP contribution in [0.3, 0.4) is 0 Å². The van der Waals surface area contributed by atoms with E-state index >= 15 is 0 Å².